The number of imidazole rings is 2. The zero-order valence-corrected chi connectivity index (χ0v) is 14.9. The summed E-state index contributed by atoms with van der Waals surface area (Å²) < 4.78 is 4.05. The van der Waals surface area contributed by atoms with Crippen molar-refractivity contribution in [3.8, 4) is 22.5 Å². The van der Waals surface area contributed by atoms with Crippen LogP contribution in [-0.4, -0.2) is 14.0 Å². The van der Waals surface area contributed by atoms with E-state index in [4.69, 9.17) is 39.8 Å². The number of benzene rings is 2. The average Bonchev–Trinajstić information content (AvgIpc) is 3.11. The smallest absolute Gasteiger partial charge is 0.214 e. The van der Waals surface area contributed by atoms with Gasteiger partial charge in [-0.05, 0) is 29.8 Å². The zero-order chi connectivity index (χ0) is 16.8. The van der Waals surface area contributed by atoms with Gasteiger partial charge in [0.2, 0.25) is 5.78 Å². The first kappa shape index (κ1) is 15.6. The van der Waals surface area contributed by atoms with Crippen molar-refractivity contribution >= 4 is 40.6 Å². The molecule has 2 heterocycles. The van der Waals surface area contributed by atoms with Gasteiger partial charge in [-0.1, -0.05) is 53.0 Å². The van der Waals surface area contributed by atoms with Crippen LogP contribution >= 0.6 is 34.8 Å². The molecule has 0 saturated carbocycles. The zero-order valence-electron chi connectivity index (χ0n) is 12.7. The van der Waals surface area contributed by atoms with Crippen LogP contribution in [0.4, 0.5) is 0 Å². The molecular formula is C18H12Cl3N3. The van der Waals surface area contributed by atoms with Gasteiger partial charge in [-0.2, -0.15) is 0 Å². The van der Waals surface area contributed by atoms with Gasteiger partial charge in [-0.15, -0.1) is 0 Å². The monoisotopic (exact) mass is 375 g/mol. The lowest BCUT2D eigenvalue weighted by Crippen LogP contribution is -1.92. The highest BCUT2D eigenvalue weighted by atomic mass is 35.5. The molecule has 0 aliphatic heterocycles. The van der Waals surface area contributed by atoms with Gasteiger partial charge in [0, 0.05) is 30.0 Å². The Hall–Kier alpha value is -1.94. The van der Waals surface area contributed by atoms with Crippen molar-refractivity contribution in [2.75, 3.05) is 0 Å². The van der Waals surface area contributed by atoms with Crippen LogP contribution in [-0.2, 0) is 7.05 Å². The summed E-state index contributed by atoms with van der Waals surface area (Å²) in [6.07, 6.45) is 4.03. The van der Waals surface area contributed by atoms with E-state index in [2.05, 4.69) is 0 Å². The molecule has 2 aromatic carbocycles. The van der Waals surface area contributed by atoms with E-state index in [-0.39, 0.29) is 0 Å². The maximum absolute atomic E-state index is 6.10. The molecule has 120 valence electrons. The van der Waals surface area contributed by atoms with E-state index in [1.165, 1.54) is 0 Å². The summed E-state index contributed by atoms with van der Waals surface area (Å²) in [7, 11) is 1.99. The number of hydrogen-bond acceptors (Lipinski definition) is 1. The Morgan fingerprint density at radius 1 is 0.833 bits per heavy atom. The number of halogens is 3. The summed E-state index contributed by atoms with van der Waals surface area (Å²) in [5.74, 6) is 0.848. The Morgan fingerprint density at radius 2 is 1.54 bits per heavy atom. The predicted molar refractivity (Wildman–Crippen MR) is 100 cm³/mol. The summed E-state index contributed by atoms with van der Waals surface area (Å²) in [5.41, 5.74) is 3.93. The normalized spacial score (nSPS) is 11.3. The molecule has 2 aromatic heterocycles. The highest BCUT2D eigenvalue weighted by Crippen LogP contribution is 2.30. The van der Waals surface area contributed by atoms with E-state index in [0.717, 1.165) is 33.3 Å². The molecule has 0 unspecified atom stereocenters. The van der Waals surface area contributed by atoms with Gasteiger partial charge >= 0.3 is 0 Å². The summed E-state index contributed by atoms with van der Waals surface area (Å²) in [5, 5.41) is 1.78. The van der Waals surface area contributed by atoms with Crippen molar-refractivity contribution in [2.45, 2.75) is 0 Å². The molecule has 4 aromatic rings. The Bertz CT molecular complexity index is 1050. The standard InChI is InChI=1S/C18H12Cl3N3/c1-23-17(11-2-5-13(19)6-3-11)10-24-9-16(22-18(23)24)12-4-7-14(20)15(21)8-12/h2-10H,1H3. The molecule has 0 aliphatic rings. The van der Waals surface area contributed by atoms with E-state index < -0.39 is 0 Å². The molecule has 0 spiro atoms. The molecule has 0 radical (unpaired) electrons. The highest BCUT2D eigenvalue weighted by molar-refractivity contribution is 6.42. The second kappa shape index (κ2) is 5.85. The van der Waals surface area contributed by atoms with E-state index in [1.807, 2.05) is 64.8 Å². The highest BCUT2D eigenvalue weighted by Gasteiger charge is 2.13. The van der Waals surface area contributed by atoms with Crippen LogP contribution in [0.15, 0.2) is 54.9 Å². The van der Waals surface area contributed by atoms with Crippen LogP contribution in [0.5, 0.6) is 0 Å². The van der Waals surface area contributed by atoms with Gasteiger partial charge in [0.15, 0.2) is 0 Å². The second-order valence-electron chi connectivity index (χ2n) is 5.54. The van der Waals surface area contributed by atoms with Gasteiger partial charge < -0.3 is 4.57 Å². The minimum atomic E-state index is 0.521. The van der Waals surface area contributed by atoms with Crippen molar-refractivity contribution in [2.24, 2.45) is 7.05 Å². The Kier molecular flexibility index (Phi) is 3.80. The van der Waals surface area contributed by atoms with Crippen molar-refractivity contribution in [3.05, 3.63) is 69.9 Å². The molecule has 0 N–H and O–H groups in total. The number of fused-ring (bicyclic) bond motifs is 1. The molecule has 6 heteroatoms. The van der Waals surface area contributed by atoms with Crippen LogP contribution in [0.25, 0.3) is 28.3 Å². The molecule has 24 heavy (non-hydrogen) atoms. The third-order valence-corrected chi connectivity index (χ3v) is 4.98. The summed E-state index contributed by atoms with van der Waals surface area (Å²) >= 11 is 18.0. The van der Waals surface area contributed by atoms with Gasteiger partial charge in [-0.25, -0.2) is 4.98 Å². The van der Waals surface area contributed by atoms with E-state index in [1.54, 1.807) is 6.07 Å². The number of nitrogens with zero attached hydrogens (tertiary/aromatic N) is 3. The first-order chi connectivity index (χ1) is 11.5. The van der Waals surface area contributed by atoms with Crippen molar-refractivity contribution < 1.29 is 0 Å². The molecule has 4 rings (SSSR count). The van der Waals surface area contributed by atoms with Crippen LogP contribution in [0, 0.1) is 0 Å². The molecule has 0 fully saturated rings. The maximum Gasteiger partial charge on any atom is 0.214 e. The van der Waals surface area contributed by atoms with E-state index >= 15 is 0 Å². The molecule has 0 amide bonds. The number of rotatable bonds is 2. The van der Waals surface area contributed by atoms with Crippen LogP contribution in [0.1, 0.15) is 0 Å². The van der Waals surface area contributed by atoms with Gasteiger partial charge in [0.05, 0.1) is 21.4 Å². The first-order valence-electron chi connectivity index (χ1n) is 7.29. The van der Waals surface area contributed by atoms with Crippen molar-refractivity contribution in [3.63, 3.8) is 0 Å². The SMILES string of the molecule is Cn1c(-c2ccc(Cl)cc2)cn2cc(-c3ccc(Cl)c(Cl)c3)nc12. The Labute approximate surface area is 154 Å². The van der Waals surface area contributed by atoms with Gasteiger partial charge in [0.25, 0.3) is 0 Å². The lowest BCUT2D eigenvalue weighted by Gasteiger charge is -2.03. The number of aryl methyl sites for hydroxylation is 1. The first-order valence-corrected chi connectivity index (χ1v) is 8.42. The predicted octanol–water partition coefficient (Wildman–Crippen LogP) is 5.97. The maximum atomic E-state index is 6.10. The minimum Gasteiger partial charge on any atom is -0.313 e. The van der Waals surface area contributed by atoms with E-state index in [9.17, 15) is 0 Å². The van der Waals surface area contributed by atoms with Crippen molar-refractivity contribution in [1.29, 1.82) is 0 Å². The van der Waals surface area contributed by atoms with Crippen LogP contribution < -0.4 is 0 Å². The summed E-state index contributed by atoms with van der Waals surface area (Å²) in [4.78, 5) is 4.72. The number of aromatic nitrogens is 3. The van der Waals surface area contributed by atoms with Gasteiger partial charge in [-0.3, -0.25) is 4.40 Å². The fraction of sp³-hybridized carbons (Fsp3) is 0.0556. The summed E-state index contributed by atoms with van der Waals surface area (Å²) in [6.45, 7) is 0. The summed E-state index contributed by atoms with van der Waals surface area (Å²) in [6, 6.07) is 13.3. The Balaban J connectivity index is 1.80. The fourth-order valence-corrected chi connectivity index (χ4v) is 3.16. The number of hydrogen-bond donors (Lipinski definition) is 0. The Morgan fingerprint density at radius 3 is 2.21 bits per heavy atom. The third kappa shape index (κ3) is 2.59. The quantitative estimate of drug-likeness (QED) is 0.422. The molecular weight excluding hydrogens is 365 g/mol. The molecule has 0 bridgehead atoms. The molecule has 0 saturated heterocycles. The molecule has 0 atom stereocenters. The molecule has 0 aliphatic carbocycles. The lowest BCUT2D eigenvalue weighted by atomic mass is 10.1. The van der Waals surface area contributed by atoms with Crippen LogP contribution in [0.2, 0.25) is 15.1 Å². The largest absolute Gasteiger partial charge is 0.313 e. The van der Waals surface area contributed by atoms with Crippen LogP contribution in [0.3, 0.4) is 0 Å². The average molecular weight is 377 g/mol. The fourth-order valence-electron chi connectivity index (χ4n) is 2.74. The van der Waals surface area contributed by atoms with E-state index in [0.29, 0.717) is 10.0 Å². The third-order valence-electron chi connectivity index (χ3n) is 3.99. The molecule has 3 nitrogen and oxygen atoms in total. The minimum absolute atomic E-state index is 0.521. The lowest BCUT2D eigenvalue weighted by molar-refractivity contribution is 0.945. The topological polar surface area (TPSA) is 22.2 Å². The van der Waals surface area contributed by atoms with Gasteiger partial charge in [0.1, 0.15) is 0 Å². The second-order valence-corrected chi connectivity index (χ2v) is 6.79. The van der Waals surface area contributed by atoms with Crippen molar-refractivity contribution in [1.82, 2.24) is 14.0 Å².